The number of allylic oxidation sites excluding steroid dienone is 5. The summed E-state index contributed by atoms with van der Waals surface area (Å²) in [6.45, 7) is 21.4. The molecule has 0 heteroatoms. The zero-order valence-corrected chi connectivity index (χ0v) is 18.6. The highest BCUT2D eigenvalue weighted by atomic mass is 14.5. The van der Waals surface area contributed by atoms with Gasteiger partial charge < -0.3 is 0 Å². The summed E-state index contributed by atoms with van der Waals surface area (Å²) < 4.78 is 0. The van der Waals surface area contributed by atoms with Gasteiger partial charge in [0.25, 0.3) is 0 Å². The van der Waals surface area contributed by atoms with Crippen molar-refractivity contribution in [2.75, 3.05) is 0 Å². The molecule has 0 amide bonds. The standard InChI is InChI=1S/C22H30.2C2H6/c1-6-8-12-19(7-2)22(20-13-10-9-11-14-20)16-18(3)15-21(4,5)17-22;2*1-2/h6-14,18H,2,15-17H2,1,3-5H3;2*1-2H3/b8-6-,19-12+;;. The van der Waals surface area contributed by atoms with Crippen LogP contribution in [0, 0.1) is 11.3 Å². The SMILES string of the molecule is C=C/C(=C\C=C/C)C1(c2ccccc2)CC(C)CC(C)(C)C1.CC.CC. The van der Waals surface area contributed by atoms with E-state index in [0.29, 0.717) is 5.41 Å². The van der Waals surface area contributed by atoms with Crippen LogP contribution in [0.2, 0.25) is 0 Å². The van der Waals surface area contributed by atoms with E-state index in [0.717, 1.165) is 5.92 Å². The van der Waals surface area contributed by atoms with E-state index in [4.69, 9.17) is 0 Å². The van der Waals surface area contributed by atoms with Gasteiger partial charge in [0.05, 0.1) is 0 Å². The van der Waals surface area contributed by atoms with E-state index in [9.17, 15) is 0 Å². The molecule has 0 nitrogen and oxygen atoms in total. The molecule has 0 heterocycles. The van der Waals surface area contributed by atoms with Crippen LogP contribution in [0.15, 0.2) is 66.8 Å². The average Bonchev–Trinajstić information content (AvgIpc) is 2.64. The van der Waals surface area contributed by atoms with E-state index in [-0.39, 0.29) is 5.41 Å². The molecule has 1 aliphatic carbocycles. The third-order valence-corrected chi connectivity index (χ3v) is 4.95. The normalized spacial score (nSPS) is 24.8. The smallest absolute Gasteiger partial charge is 0.0210 e. The molecule has 146 valence electrons. The van der Waals surface area contributed by atoms with Crippen LogP contribution in [-0.2, 0) is 5.41 Å². The Morgan fingerprint density at radius 2 is 1.62 bits per heavy atom. The zero-order chi connectivity index (χ0) is 20.2. The molecule has 0 saturated heterocycles. The molecule has 2 unspecified atom stereocenters. The fourth-order valence-electron chi connectivity index (χ4n) is 4.56. The van der Waals surface area contributed by atoms with Gasteiger partial charge >= 0.3 is 0 Å². The minimum atomic E-state index is 0.0870. The number of benzene rings is 1. The quantitative estimate of drug-likeness (QED) is 0.475. The molecular weight excluding hydrogens is 312 g/mol. The monoisotopic (exact) mass is 354 g/mol. The van der Waals surface area contributed by atoms with Gasteiger partial charge in [0.15, 0.2) is 0 Å². The minimum Gasteiger partial charge on any atom is -0.0988 e. The van der Waals surface area contributed by atoms with Crippen molar-refractivity contribution >= 4 is 0 Å². The van der Waals surface area contributed by atoms with Crippen LogP contribution in [0.25, 0.3) is 0 Å². The fraction of sp³-hybridized carbons (Fsp3) is 0.538. The van der Waals surface area contributed by atoms with Crippen LogP contribution in [0.4, 0.5) is 0 Å². The van der Waals surface area contributed by atoms with Gasteiger partial charge in [0, 0.05) is 5.41 Å². The fourth-order valence-corrected chi connectivity index (χ4v) is 4.56. The predicted molar refractivity (Wildman–Crippen MR) is 121 cm³/mol. The van der Waals surface area contributed by atoms with Crippen molar-refractivity contribution in [2.24, 2.45) is 11.3 Å². The Kier molecular flexibility index (Phi) is 11.2. The van der Waals surface area contributed by atoms with E-state index in [1.165, 1.54) is 30.4 Å². The van der Waals surface area contributed by atoms with Gasteiger partial charge in [-0.05, 0) is 48.7 Å². The summed E-state index contributed by atoms with van der Waals surface area (Å²) in [5.41, 5.74) is 3.23. The molecule has 26 heavy (non-hydrogen) atoms. The Hall–Kier alpha value is -1.56. The molecule has 0 aromatic heterocycles. The lowest BCUT2D eigenvalue weighted by atomic mass is 9.55. The third kappa shape index (κ3) is 6.31. The first-order valence-electron chi connectivity index (χ1n) is 10.4. The first kappa shape index (κ1) is 24.4. The van der Waals surface area contributed by atoms with Gasteiger partial charge in [-0.15, -0.1) is 0 Å². The van der Waals surface area contributed by atoms with Crippen LogP contribution in [0.1, 0.15) is 80.2 Å². The second-order valence-corrected chi connectivity index (χ2v) is 7.65. The zero-order valence-electron chi connectivity index (χ0n) is 18.6. The van der Waals surface area contributed by atoms with Crippen LogP contribution >= 0.6 is 0 Å². The van der Waals surface area contributed by atoms with Crippen molar-refractivity contribution in [2.45, 2.75) is 80.1 Å². The molecule has 1 fully saturated rings. The molecule has 0 aliphatic heterocycles. The van der Waals surface area contributed by atoms with Gasteiger partial charge in [-0.1, -0.05) is 110 Å². The summed E-state index contributed by atoms with van der Waals surface area (Å²) in [5.74, 6) is 0.720. The van der Waals surface area contributed by atoms with Crippen LogP contribution in [0.3, 0.4) is 0 Å². The summed E-state index contributed by atoms with van der Waals surface area (Å²) >= 11 is 0. The molecule has 0 spiro atoms. The van der Waals surface area contributed by atoms with Crippen molar-refractivity contribution in [1.29, 1.82) is 0 Å². The van der Waals surface area contributed by atoms with Crippen LogP contribution < -0.4 is 0 Å². The molecule has 1 aliphatic rings. The molecule has 1 aromatic carbocycles. The number of hydrogen-bond donors (Lipinski definition) is 0. The van der Waals surface area contributed by atoms with Gasteiger partial charge in [-0.2, -0.15) is 0 Å². The first-order chi connectivity index (χ1) is 12.4. The molecule has 1 saturated carbocycles. The maximum Gasteiger partial charge on any atom is 0.0210 e. The lowest BCUT2D eigenvalue weighted by Crippen LogP contribution is -2.41. The Labute approximate surface area is 164 Å². The maximum absolute atomic E-state index is 4.13. The van der Waals surface area contributed by atoms with E-state index in [2.05, 4.69) is 88.9 Å². The van der Waals surface area contributed by atoms with E-state index in [1.54, 1.807) is 0 Å². The van der Waals surface area contributed by atoms with Crippen molar-refractivity contribution in [3.05, 3.63) is 72.4 Å². The third-order valence-electron chi connectivity index (χ3n) is 4.95. The van der Waals surface area contributed by atoms with Gasteiger partial charge in [-0.25, -0.2) is 0 Å². The molecule has 1 aromatic rings. The molecule has 0 N–H and O–H groups in total. The highest BCUT2D eigenvalue weighted by Gasteiger charge is 2.45. The lowest BCUT2D eigenvalue weighted by Gasteiger charge is -2.49. The Morgan fingerprint density at radius 1 is 1.04 bits per heavy atom. The largest absolute Gasteiger partial charge is 0.0988 e. The van der Waals surface area contributed by atoms with Crippen LogP contribution in [0.5, 0.6) is 0 Å². The second kappa shape index (κ2) is 11.9. The average molecular weight is 355 g/mol. The molecular formula is C26H42. The Bertz CT molecular complexity index is 559. The topological polar surface area (TPSA) is 0 Å². The summed E-state index contributed by atoms with van der Waals surface area (Å²) in [7, 11) is 0. The van der Waals surface area contributed by atoms with Gasteiger partial charge in [0.2, 0.25) is 0 Å². The summed E-state index contributed by atoms with van der Waals surface area (Å²) in [6.07, 6.45) is 12.3. The molecule has 2 rings (SSSR count). The van der Waals surface area contributed by atoms with Gasteiger partial charge in [-0.3, -0.25) is 0 Å². The minimum absolute atomic E-state index is 0.0870. The van der Waals surface area contributed by atoms with Crippen molar-refractivity contribution in [3.8, 4) is 0 Å². The lowest BCUT2D eigenvalue weighted by molar-refractivity contribution is 0.126. The van der Waals surface area contributed by atoms with Crippen LogP contribution in [-0.4, -0.2) is 0 Å². The number of rotatable bonds is 4. The van der Waals surface area contributed by atoms with Crippen molar-refractivity contribution < 1.29 is 0 Å². The molecule has 0 bridgehead atoms. The number of hydrogen-bond acceptors (Lipinski definition) is 0. The highest BCUT2D eigenvalue weighted by molar-refractivity contribution is 5.44. The van der Waals surface area contributed by atoms with E-state index < -0.39 is 0 Å². The predicted octanol–water partition coefficient (Wildman–Crippen LogP) is 8.51. The van der Waals surface area contributed by atoms with Crippen molar-refractivity contribution in [1.82, 2.24) is 0 Å². The Balaban J connectivity index is 0.00000146. The molecule has 0 radical (unpaired) electrons. The summed E-state index contributed by atoms with van der Waals surface area (Å²) in [5, 5.41) is 0. The van der Waals surface area contributed by atoms with Gasteiger partial charge in [0.1, 0.15) is 0 Å². The summed E-state index contributed by atoms with van der Waals surface area (Å²) in [6, 6.07) is 11.0. The highest BCUT2D eigenvalue weighted by Crippen LogP contribution is 2.53. The first-order valence-corrected chi connectivity index (χ1v) is 10.4. The van der Waals surface area contributed by atoms with Crippen molar-refractivity contribution in [3.63, 3.8) is 0 Å². The Morgan fingerprint density at radius 3 is 2.08 bits per heavy atom. The van der Waals surface area contributed by atoms with E-state index in [1.807, 2.05) is 27.7 Å². The molecule has 2 atom stereocenters. The second-order valence-electron chi connectivity index (χ2n) is 7.65. The van der Waals surface area contributed by atoms with E-state index >= 15 is 0 Å². The summed E-state index contributed by atoms with van der Waals surface area (Å²) in [4.78, 5) is 0. The maximum atomic E-state index is 4.13.